The average molecular weight is 277 g/mol. The summed E-state index contributed by atoms with van der Waals surface area (Å²) in [7, 11) is 1.52. The molecule has 0 bridgehead atoms. The summed E-state index contributed by atoms with van der Waals surface area (Å²) in [5.41, 5.74) is 5.78. The van der Waals surface area contributed by atoms with E-state index in [0.29, 0.717) is 5.56 Å². The third-order valence-electron chi connectivity index (χ3n) is 2.52. The van der Waals surface area contributed by atoms with E-state index in [2.05, 4.69) is 0 Å². The zero-order valence-electron chi connectivity index (χ0n) is 10.3. The van der Waals surface area contributed by atoms with Crippen molar-refractivity contribution in [2.45, 2.75) is 19.1 Å². The van der Waals surface area contributed by atoms with Crippen LogP contribution in [0, 0.1) is 10.1 Å². The van der Waals surface area contributed by atoms with Crippen LogP contribution in [0.15, 0.2) is 18.2 Å². The predicted octanol–water partition coefficient (Wildman–Crippen LogP) is 2.56. The summed E-state index contributed by atoms with van der Waals surface area (Å²) < 4.78 is 36.1. The highest BCUT2D eigenvalue weighted by Gasteiger charge is 2.27. The van der Waals surface area contributed by atoms with Crippen LogP contribution in [0.25, 0.3) is 0 Å². The third-order valence-corrected chi connectivity index (χ3v) is 2.52. The molecule has 0 radical (unpaired) electrons. The molecule has 1 aromatic rings. The smallest absolute Gasteiger partial charge is 0.390 e. The fourth-order valence-electron chi connectivity index (χ4n) is 1.55. The topological polar surface area (TPSA) is 72.4 Å². The van der Waals surface area contributed by atoms with Crippen molar-refractivity contribution in [3.63, 3.8) is 0 Å². The van der Waals surface area contributed by atoms with E-state index in [-0.39, 0.29) is 24.5 Å². The number of benzene rings is 1. The first-order valence-electron chi connectivity index (χ1n) is 5.47. The minimum Gasteiger partial charge on any atom is -0.393 e. The molecule has 1 rings (SSSR count). The average Bonchev–Trinajstić information content (AvgIpc) is 2.28. The molecule has 0 amide bonds. The van der Waals surface area contributed by atoms with E-state index in [9.17, 15) is 23.3 Å². The van der Waals surface area contributed by atoms with E-state index < -0.39 is 17.5 Å². The van der Waals surface area contributed by atoms with Crippen LogP contribution in [0.5, 0.6) is 0 Å². The first kappa shape index (κ1) is 15.2. The highest BCUT2D eigenvalue weighted by molar-refractivity contribution is 5.59. The summed E-state index contributed by atoms with van der Waals surface area (Å²) >= 11 is 0. The first-order valence-corrected chi connectivity index (χ1v) is 5.47. The van der Waals surface area contributed by atoms with Gasteiger partial charge in [-0.1, -0.05) is 6.07 Å². The molecule has 0 fully saturated rings. The molecule has 0 heterocycles. The molecule has 0 spiro atoms. The number of rotatable bonds is 5. The lowest BCUT2D eigenvalue weighted by Gasteiger charge is -2.17. The lowest BCUT2D eigenvalue weighted by atomic mass is 10.1. The van der Waals surface area contributed by atoms with Crippen molar-refractivity contribution in [3.05, 3.63) is 33.9 Å². The van der Waals surface area contributed by atoms with Gasteiger partial charge in [-0.05, 0) is 18.7 Å². The SMILES string of the molecule is CN(CCC(F)(F)F)Cc1ccc(N)c([N+](=O)[O-])c1. The van der Waals surface area contributed by atoms with Crippen LogP contribution in [-0.4, -0.2) is 29.6 Å². The van der Waals surface area contributed by atoms with Crippen LogP contribution in [0.4, 0.5) is 24.5 Å². The Hall–Kier alpha value is -1.83. The van der Waals surface area contributed by atoms with Crippen molar-refractivity contribution in [3.8, 4) is 0 Å². The molecular formula is C11H14F3N3O2. The van der Waals surface area contributed by atoms with E-state index in [1.807, 2.05) is 0 Å². The lowest BCUT2D eigenvalue weighted by molar-refractivity contribution is -0.384. The Morgan fingerprint density at radius 1 is 1.42 bits per heavy atom. The van der Waals surface area contributed by atoms with Gasteiger partial charge in [0.25, 0.3) is 5.69 Å². The first-order chi connectivity index (χ1) is 8.69. The van der Waals surface area contributed by atoms with Crippen molar-refractivity contribution in [1.82, 2.24) is 4.90 Å². The highest BCUT2D eigenvalue weighted by atomic mass is 19.4. The molecule has 0 aromatic heterocycles. The minimum absolute atomic E-state index is 0.0340. The fourth-order valence-corrected chi connectivity index (χ4v) is 1.55. The molecule has 0 aliphatic heterocycles. The van der Waals surface area contributed by atoms with Crippen molar-refractivity contribution < 1.29 is 18.1 Å². The van der Waals surface area contributed by atoms with Gasteiger partial charge >= 0.3 is 6.18 Å². The monoisotopic (exact) mass is 277 g/mol. The van der Waals surface area contributed by atoms with E-state index >= 15 is 0 Å². The molecule has 5 nitrogen and oxygen atoms in total. The van der Waals surface area contributed by atoms with Gasteiger partial charge in [-0.25, -0.2) is 0 Å². The number of nitro benzene ring substituents is 1. The number of anilines is 1. The molecule has 0 aliphatic carbocycles. The fraction of sp³-hybridized carbons (Fsp3) is 0.455. The molecular weight excluding hydrogens is 263 g/mol. The van der Waals surface area contributed by atoms with Crippen molar-refractivity contribution in [2.24, 2.45) is 0 Å². The minimum atomic E-state index is -4.21. The van der Waals surface area contributed by atoms with Crippen LogP contribution in [0.2, 0.25) is 0 Å². The summed E-state index contributed by atoms with van der Waals surface area (Å²) in [6.07, 6.45) is -5.12. The van der Waals surface area contributed by atoms with Gasteiger partial charge in [-0.15, -0.1) is 0 Å². The Bertz CT molecular complexity index is 463. The third kappa shape index (κ3) is 5.12. The Kier molecular flexibility index (Phi) is 4.71. The van der Waals surface area contributed by atoms with Gasteiger partial charge in [0.2, 0.25) is 0 Å². The Balaban J connectivity index is 2.67. The van der Waals surface area contributed by atoms with Gasteiger partial charge in [0.1, 0.15) is 5.69 Å². The summed E-state index contributed by atoms with van der Waals surface area (Å²) in [6.45, 7) is 0.0267. The zero-order valence-corrected chi connectivity index (χ0v) is 10.3. The van der Waals surface area contributed by atoms with E-state index in [1.54, 1.807) is 6.07 Å². The number of nitro groups is 1. The second-order valence-electron chi connectivity index (χ2n) is 4.25. The number of nitrogens with two attached hydrogens (primary N) is 1. The number of nitrogens with zero attached hydrogens (tertiary/aromatic N) is 2. The van der Waals surface area contributed by atoms with Gasteiger partial charge in [0.05, 0.1) is 11.3 Å². The van der Waals surface area contributed by atoms with Crippen molar-refractivity contribution in [2.75, 3.05) is 19.3 Å². The predicted molar refractivity (Wildman–Crippen MR) is 64.5 cm³/mol. The molecule has 1 aromatic carbocycles. The second kappa shape index (κ2) is 5.87. The maximum absolute atomic E-state index is 12.0. The highest BCUT2D eigenvalue weighted by Crippen LogP contribution is 2.24. The normalized spacial score (nSPS) is 11.8. The summed E-state index contributed by atoms with van der Waals surface area (Å²) in [5, 5.41) is 10.7. The van der Waals surface area contributed by atoms with Crippen LogP contribution >= 0.6 is 0 Å². The summed E-state index contributed by atoms with van der Waals surface area (Å²) in [6, 6.07) is 4.22. The largest absolute Gasteiger partial charge is 0.393 e. The summed E-state index contributed by atoms with van der Waals surface area (Å²) in [5.74, 6) is 0. The quantitative estimate of drug-likeness (QED) is 0.510. The second-order valence-corrected chi connectivity index (χ2v) is 4.25. The maximum Gasteiger partial charge on any atom is 0.390 e. The van der Waals surface area contributed by atoms with E-state index in [4.69, 9.17) is 5.73 Å². The molecule has 106 valence electrons. The van der Waals surface area contributed by atoms with Gasteiger partial charge < -0.3 is 10.6 Å². The summed E-state index contributed by atoms with van der Waals surface area (Å²) in [4.78, 5) is 11.5. The Morgan fingerprint density at radius 3 is 2.58 bits per heavy atom. The zero-order chi connectivity index (χ0) is 14.6. The van der Waals surface area contributed by atoms with Gasteiger partial charge in [-0.2, -0.15) is 13.2 Å². The Labute approximate surface area is 108 Å². The number of alkyl halides is 3. The number of hydrogen-bond donors (Lipinski definition) is 1. The van der Waals surface area contributed by atoms with Crippen LogP contribution < -0.4 is 5.73 Å². The molecule has 0 aliphatic rings. The lowest BCUT2D eigenvalue weighted by Crippen LogP contribution is -2.24. The number of halogens is 3. The van der Waals surface area contributed by atoms with Gasteiger partial charge in [-0.3, -0.25) is 10.1 Å². The van der Waals surface area contributed by atoms with Gasteiger partial charge in [0, 0.05) is 19.2 Å². The standard InChI is InChI=1S/C11H14F3N3O2/c1-16(5-4-11(12,13)14)7-8-2-3-9(15)10(6-8)17(18)19/h2-3,6H,4-5,7,15H2,1H3. The van der Waals surface area contributed by atoms with Crippen molar-refractivity contribution in [1.29, 1.82) is 0 Å². The van der Waals surface area contributed by atoms with Crippen molar-refractivity contribution >= 4 is 11.4 Å². The number of hydrogen-bond acceptors (Lipinski definition) is 4. The molecule has 0 unspecified atom stereocenters. The molecule has 0 saturated carbocycles. The van der Waals surface area contributed by atoms with Crippen LogP contribution in [0.1, 0.15) is 12.0 Å². The van der Waals surface area contributed by atoms with Gasteiger partial charge in [0.15, 0.2) is 0 Å². The van der Waals surface area contributed by atoms with Crippen LogP contribution in [-0.2, 0) is 6.54 Å². The molecule has 2 N–H and O–H groups in total. The van der Waals surface area contributed by atoms with E-state index in [1.165, 1.54) is 24.1 Å². The molecule has 0 saturated heterocycles. The molecule has 0 atom stereocenters. The number of nitrogen functional groups attached to an aromatic ring is 1. The molecule has 19 heavy (non-hydrogen) atoms. The van der Waals surface area contributed by atoms with Crippen LogP contribution in [0.3, 0.4) is 0 Å². The van der Waals surface area contributed by atoms with E-state index in [0.717, 1.165) is 0 Å². The molecule has 8 heteroatoms. The Morgan fingerprint density at radius 2 is 2.05 bits per heavy atom. The maximum atomic E-state index is 12.0.